The molecule has 6 nitrogen and oxygen atoms in total. The maximum atomic E-state index is 11.9. The molecule has 1 aromatic carbocycles. The lowest BCUT2D eigenvalue weighted by Gasteiger charge is -2.12. The Morgan fingerprint density at radius 2 is 2.00 bits per heavy atom. The lowest BCUT2D eigenvalue weighted by Crippen LogP contribution is -2.35. The molecule has 2 N–H and O–H groups in total. The Kier molecular flexibility index (Phi) is 6.01. The number of anilines is 1. The second kappa shape index (κ2) is 7.79. The van der Waals surface area contributed by atoms with Crippen LogP contribution in [0.4, 0.5) is 10.5 Å². The third-order valence-electron chi connectivity index (χ3n) is 3.81. The minimum absolute atomic E-state index is 0.0101. The number of urea groups is 1. The van der Waals surface area contributed by atoms with Crippen LogP contribution in [0.15, 0.2) is 24.3 Å². The van der Waals surface area contributed by atoms with Crippen molar-refractivity contribution in [1.29, 1.82) is 0 Å². The number of nitrogens with one attached hydrogen (secondary N) is 2. The van der Waals surface area contributed by atoms with E-state index >= 15 is 0 Å². The first-order valence-electron chi connectivity index (χ1n) is 7.84. The third kappa shape index (κ3) is 5.51. The van der Waals surface area contributed by atoms with Gasteiger partial charge in [-0.25, -0.2) is 13.2 Å². The zero-order chi connectivity index (χ0) is 16.9. The summed E-state index contributed by atoms with van der Waals surface area (Å²) in [5.41, 5.74) is 1.34. The molecule has 0 aliphatic carbocycles. The van der Waals surface area contributed by atoms with Gasteiger partial charge in [-0.15, -0.1) is 0 Å². The lowest BCUT2D eigenvalue weighted by molar-refractivity contribution is 0.112. The van der Waals surface area contributed by atoms with Crippen molar-refractivity contribution in [2.45, 2.75) is 43.8 Å². The van der Waals surface area contributed by atoms with Gasteiger partial charge in [0.25, 0.3) is 0 Å². The Hall–Kier alpha value is -1.60. The molecule has 23 heavy (non-hydrogen) atoms. The molecule has 1 heterocycles. The van der Waals surface area contributed by atoms with Gasteiger partial charge in [-0.1, -0.05) is 12.1 Å². The molecule has 2 amide bonds. The minimum Gasteiger partial charge on any atom is -0.376 e. The van der Waals surface area contributed by atoms with E-state index in [-0.39, 0.29) is 17.9 Å². The van der Waals surface area contributed by atoms with E-state index in [1.807, 2.05) is 0 Å². The van der Waals surface area contributed by atoms with Crippen LogP contribution in [0, 0.1) is 0 Å². The molecule has 0 bridgehead atoms. The summed E-state index contributed by atoms with van der Waals surface area (Å²) >= 11 is 0. The number of hydrogen-bond donors (Lipinski definition) is 2. The molecular weight excluding hydrogens is 316 g/mol. The number of benzene rings is 1. The summed E-state index contributed by atoms with van der Waals surface area (Å²) in [6.45, 7) is 4.60. The number of carbonyl (C=O) groups excluding carboxylic acids is 1. The fourth-order valence-electron chi connectivity index (χ4n) is 2.27. The average molecular weight is 340 g/mol. The van der Waals surface area contributed by atoms with Crippen LogP contribution in [0.3, 0.4) is 0 Å². The van der Waals surface area contributed by atoms with Crippen LogP contribution >= 0.6 is 0 Å². The van der Waals surface area contributed by atoms with Gasteiger partial charge in [0.05, 0.1) is 17.1 Å². The Morgan fingerprint density at radius 1 is 1.30 bits per heavy atom. The van der Waals surface area contributed by atoms with E-state index in [0.29, 0.717) is 17.8 Å². The Balaban J connectivity index is 1.83. The van der Waals surface area contributed by atoms with Crippen LogP contribution in [0.5, 0.6) is 0 Å². The van der Waals surface area contributed by atoms with Crippen LogP contribution in [0.1, 0.15) is 32.3 Å². The van der Waals surface area contributed by atoms with Gasteiger partial charge >= 0.3 is 6.03 Å². The second-order valence-corrected chi connectivity index (χ2v) is 8.58. The first kappa shape index (κ1) is 17.7. The molecular formula is C16H24N2O4S. The van der Waals surface area contributed by atoms with Crippen molar-refractivity contribution in [3.8, 4) is 0 Å². The van der Waals surface area contributed by atoms with Gasteiger partial charge < -0.3 is 15.4 Å². The Labute approximate surface area is 137 Å². The summed E-state index contributed by atoms with van der Waals surface area (Å²) in [6, 6.07) is 6.56. The highest BCUT2D eigenvalue weighted by Gasteiger charge is 2.17. The van der Waals surface area contributed by atoms with Gasteiger partial charge in [-0.05, 0) is 44.4 Å². The molecule has 0 aromatic heterocycles. The van der Waals surface area contributed by atoms with Gasteiger partial charge in [-0.3, -0.25) is 0 Å². The zero-order valence-corrected chi connectivity index (χ0v) is 14.4. The van der Waals surface area contributed by atoms with Crippen molar-refractivity contribution >= 4 is 21.6 Å². The van der Waals surface area contributed by atoms with Crippen LogP contribution in [0.25, 0.3) is 0 Å². The summed E-state index contributed by atoms with van der Waals surface area (Å²) in [5, 5.41) is 5.09. The average Bonchev–Trinajstić information content (AvgIpc) is 3.00. The van der Waals surface area contributed by atoms with Crippen molar-refractivity contribution in [2.24, 2.45) is 0 Å². The number of carbonyl (C=O) groups is 1. The highest BCUT2D eigenvalue weighted by molar-refractivity contribution is 7.91. The van der Waals surface area contributed by atoms with E-state index in [9.17, 15) is 13.2 Å². The summed E-state index contributed by atoms with van der Waals surface area (Å²) in [6.07, 6.45) is 2.11. The van der Waals surface area contributed by atoms with Gasteiger partial charge in [0, 0.05) is 18.8 Å². The fraction of sp³-hybridized carbons (Fsp3) is 0.562. The monoisotopic (exact) mass is 340 g/mol. The van der Waals surface area contributed by atoms with Crippen LogP contribution < -0.4 is 10.6 Å². The van der Waals surface area contributed by atoms with E-state index in [1.54, 1.807) is 38.1 Å². The van der Waals surface area contributed by atoms with Crippen molar-refractivity contribution in [1.82, 2.24) is 5.32 Å². The summed E-state index contributed by atoms with van der Waals surface area (Å²) in [4.78, 5) is 11.8. The molecule has 1 aromatic rings. The highest BCUT2D eigenvalue weighted by atomic mass is 32.2. The number of ether oxygens (including phenoxy) is 1. The molecule has 0 radical (unpaired) electrons. The van der Waals surface area contributed by atoms with Crippen molar-refractivity contribution in [3.63, 3.8) is 0 Å². The van der Waals surface area contributed by atoms with Crippen molar-refractivity contribution in [3.05, 3.63) is 29.8 Å². The second-order valence-electron chi connectivity index (χ2n) is 6.02. The van der Waals surface area contributed by atoms with Crippen LogP contribution in [0.2, 0.25) is 0 Å². The molecule has 128 valence electrons. The predicted molar refractivity (Wildman–Crippen MR) is 90.2 cm³/mol. The lowest BCUT2D eigenvalue weighted by atomic mass is 10.2. The van der Waals surface area contributed by atoms with Crippen molar-refractivity contribution < 1.29 is 17.9 Å². The SMILES string of the molecule is CC(C)S(=O)(=O)Cc1ccc(NC(=O)NC[C@@H]2CCCO2)cc1. The quantitative estimate of drug-likeness (QED) is 0.832. The predicted octanol–water partition coefficient (Wildman–Crippen LogP) is 2.31. The molecule has 0 saturated carbocycles. The summed E-state index contributed by atoms with van der Waals surface area (Å²) < 4.78 is 29.2. The first-order chi connectivity index (χ1) is 10.9. The Morgan fingerprint density at radius 3 is 2.57 bits per heavy atom. The first-order valence-corrected chi connectivity index (χ1v) is 9.55. The minimum atomic E-state index is -3.12. The van der Waals surface area contributed by atoms with E-state index < -0.39 is 15.1 Å². The Bertz CT molecular complexity index is 620. The molecule has 1 atom stereocenters. The van der Waals surface area contributed by atoms with E-state index in [1.165, 1.54) is 0 Å². The number of amides is 2. The highest BCUT2D eigenvalue weighted by Crippen LogP contribution is 2.15. The fourth-order valence-corrected chi connectivity index (χ4v) is 3.26. The van der Waals surface area contributed by atoms with Crippen LogP contribution in [-0.2, 0) is 20.3 Å². The molecule has 1 saturated heterocycles. The maximum Gasteiger partial charge on any atom is 0.319 e. The molecule has 1 fully saturated rings. The van der Waals surface area contributed by atoms with E-state index in [0.717, 1.165) is 19.4 Å². The molecule has 7 heteroatoms. The van der Waals surface area contributed by atoms with E-state index in [4.69, 9.17) is 4.74 Å². The number of rotatable bonds is 6. The van der Waals surface area contributed by atoms with Gasteiger partial charge in [0.1, 0.15) is 0 Å². The number of sulfone groups is 1. The van der Waals surface area contributed by atoms with Crippen molar-refractivity contribution in [2.75, 3.05) is 18.5 Å². The van der Waals surface area contributed by atoms with Gasteiger partial charge in [-0.2, -0.15) is 0 Å². The normalized spacial score (nSPS) is 18.1. The summed E-state index contributed by atoms with van der Waals surface area (Å²) in [7, 11) is -3.12. The zero-order valence-electron chi connectivity index (χ0n) is 13.5. The van der Waals surface area contributed by atoms with Gasteiger partial charge in [0.15, 0.2) is 9.84 Å². The van der Waals surface area contributed by atoms with Crippen LogP contribution in [-0.4, -0.2) is 39.0 Å². The summed E-state index contributed by atoms with van der Waals surface area (Å²) in [5.74, 6) is 0.0101. The van der Waals surface area contributed by atoms with Gasteiger partial charge in [0.2, 0.25) is 0 Å². The standard InChI is InChI=1S/C16H24N2O4S/c1-12(2)23(20,21)11-13-5-7-14(8-6-13)18-16(19)17-10-15-4-3-9-22-15/h5-8,12,15H,3-4,9-11H2,1-2H3,(H2,17,18,19)/t15-/m0/s1. The smallest absolute Gasteiger partial charge is 0.319 e. The molecule has 2 rings (SSSR count). The maximum absolute atomic E-state index is 11.9. The number of hydrogen-bond acceptors (Lipinski definition) is 4. The molecule has 0 unspecified atom stereocenters. The molecule has 0 spiro atoms. The topological polar surface area (TPSA) is 84.5 Å². The molecule has 1 aliphatic rings. The van der Waals surface area contributed by atoms with E-state index in [2.05, 4.69) is 10.6 Å². The third-order valence-corrected chi connectivity index (χ3v) is 5.98. The largest absolute Gasteiger partial charge is 0.376 e. The molecule has 1 aliphatic heterocycles.